The number of morpholine rings is 1. The molecule has 0 aliphatic carbocycles. The van der Waals surface area contributed by atoms with E-state index in [4.69, 9.17) is 4.74 Å². The lowest BCUT2D eigenvalue weighted by Gasteiger charge is -2.29. The zero-order valence-electron chi connectivity index (χ0n) is 11.6. The summed E-state index contributed by atoms with van der Waals surface area (Å²) >= 11 is 0. The first-order valence-electron chi connectivity index (χ1n) is 7.02. The van der Waals surface area contributed by atoms with Gasteiger partial charge in [-0.05, 0) is 12.5 Å². The van der Waals surface area contributed by atoms with Crippen molar-refractivity contribution >= 4 is 0 Å². The van der Waals surface area contributed by atoms with Crippen molar-refractivity contribution in [3.63, 3.8) is 0 Å². The van der Waals surface area contributed by atoms with Crippen LogP contribution in [0.3, 0.4) is 0 Å². The number of rotatable bonds is 6. The van der Waals surface area contributed by atoms with Crippen LogP contribution in [0.5, 0.6) is 0 Å². The Hall–Kier alpha value is -0.940. The summed E-state index contributed by atoms with van der Waals surface area (Å²) < 4.78 is 5.30. The van der Waals surface area contributed by atoms with Gasteiger partial charge in [0.05, 0.1) is 19.3 Å². The van der Waals surface area contributed by atoms with Crippen LogP contribution >= 0.6 is 0 Å². The van der Waals surface area contributed by atoms with Crippen LogP contribution in [0.15, 0.2) is 30.3 Å². The summed E-state index contributed by atoms with van der Waals surface area (Å²) in [6.45, 7) is 6.86. The van der Waals surface area contributed by atoms with Crippen molar-refractivity contribution in [2.45, 2.75) is 19.1 Å². The quantitative estimate of drug-likeness (QED) is 0.805. The molecule has 1 aromatic carbocycles. The molecule has 1 aliphatic rings. The van der Waals surface area contributed by atoms with Crippen LogP contribution in [0.25, 0.3) is 0 Å². The zero-order valence-corrected chi connectivity index (χ0v) is 11.6. The molecule has 2 atom stereocenters. The van der Waals surface area contributed by atoms with Crippen LogP contribution in [0.2, 0.25) is 0 Å². The van der Waals surface area contributed by atoms with Gasteiger partial charge in [-0.2, -0.15) is 0 Å². The van der Waals surface area contributed by atoms with Gasteiger partial charge in [0.2, 0.25) is 0 Å². The van der Waals surface area contributed by atoms with Crippen molar-refractivity contribution in [2.75, 3.05) is 39.4 Å². The molecule has 2 unspecified atom stereocenters. The smallest absolute Gasteiger partial charge is 0.0791 e. The molecule has 19 heavy (non-hydrogen) atoms. The maximum absolute atomic E-state index is 10.1. The highest BCUT2D eigenvalue weighted by Crippen LogP contribution is 2.10. The van der Waals surface area contributed by atoms with E-state index in [9.17, 15) is 5.11 Å². The Morgan fingerprint density at radius 3 is 2.63 bits per heavy atom. The van der Waals surface area contributed by atoms with Gasteiger partial charge in [-0.25, -0.2) is 0 Å². The van der Waals surface area contributed by atoms with Gasteiger partial charge in [0.1, 0.15) is 0 Å². The molecular weight excluding hydrogens is 240 g/mol. The second kappa shape index (κ2) is 7.60. The minimum Gasteiger partial charge on any atom is -0.390 e. The predicted molar refractivity (Wildman–Crippen MR) is 76.1 cm³/mol. The van der Waals surface area contributed by atoms with E-state index in [0.717, 1.165) is 32.8 Å². The number of ether oxygens (including phenoxy) is 1. The summed E-state index contributed by atoms with van der Waals surface area (Å²) in [5, 5.41) is 13.4. The Kier molecular flexibility index (Phi) is 5.79. The Morgan fingerprint density at radius 2 is 1.95 bits per heavy atom. The number of aliphatic hydroxyl groups excluding tert-OH is 1. The van der Waals surface area contributed by atoms with Gasteiger partial charge in [-0.15, -0.1) is 0 Å². The Balaban J connectivity index is 1.69. The minimum atomic E-state index is -0.329. The maximum Gasteiger partial charge on any atom is 0.0791 e. The second-order valence-corrected chi connectivity index (χ2v) is 5.11. The third-order valence-corrected chi connectivity index (χ3v) is 3.53. The van der Waals surface area contributed by atoms with Crippen molar-refractivity contribution in [3.8, 4) is 0 Å². The van der Waals surface area contributed by atoms with E-state index >= 15 is 0 Å². The fourth-order valence-electron chi connectivity index (χ4n) is 2.32. The van der Waals surface area contributed by atoms with Gasteiger partial charge >= 0.3 is 0 Å². The Morgan fingerprint density at radius 1 is 1.26 bits per heavy atom. The molecule has 0 saturated carbocycles. The van der Waals surface area contributed by atoms with Crippen molar-refractivity contribution in [1.29, 1.82) is 0 Å². The maximum atomic E-state index is 10.1. The van der Waals surface area contributed by atoms with Gasteiger partial charge in [0.15, 0.2) is 0 Å². The molecular formula is C15H24N2O2. The molecule has 0 aromatic heterocycles. The van der Waals surface area contributed by atoms with E-state index in [2.05, 4.69) is 29.3 Å². The minimum absolute atomic E-state index is 0.264. The Bertz CT molecular complexity index is 352. The van der Waals surface area contributed by atoms with E-state index in [0.29, 0.717) is 6.54 Å². The van der Waals surface area contributed by atoms with Crippen molar-refractivity contribution in [2.24, 2.45) is 0 Å². The third-order valence-electron chi connectivity index (χ3n) is 3.53. The normalized spacial score (nSPS) is 20.1. The lowest BCUT2D eigenvalue weighted by molar-refractivity contribution is 0.0145. The largest absolute Gasteiger partial charge is 0.390 e. The van der Waals surface area contributed by atoms with Crippen LogP contribution in [-0.4, -0.2) is 55.5 Å². The molecule has 0 bridgehead atoms. The van der Waals surface area contributed by atoms with Crippen LogP contribution in [0.4, 0.5) is 0 Å². The molecule has 1 saturated heterocycles. The van der Waals surface area contributed by atoms with Crippen LogP contribution in [-0.2, 0) is 4.74 Å². The summed E-state index contributed by atoms with van der Waals surface area (Å²) in [4.78, 5) is 2.25. The molecule has 106 valence electrons. The fourth-order valence-corrected chi connectivity index (χ4v) is 2.32. The molecule has 1 fully saturated rings. The highest BCUT2D eigenvalue weighted by atomic mass is 16.5. The van der Waals surface area contributed by atoms with Crippen LogP contribution in [0.1, 0.15) is 18.5 Å². The molecule has 4 nitrogen and oxygen atoms in total. The summed E-state index contributed by atoms with van der Waals surface area (Å²) in [7, 11) is 0. The summed E-state index contributed by atoms with van der Waals surface area (Å²) in [5.74, 6) is 0. The molecule has 0 amide bonds. The number of benzene rings is 1. The van der Waals surface area contributed by atoms with E-state index < -0.39 is 0 Å². The van der Waals surface area contributed by atoms with Gasteiger partial charge < -0.3 is 15.2 Å². The second-order valence-electron chi connectivity index (χ2n) is 5.11. The molecule has 0 spiro atoms. The van der Waals surface area contributed by atoms with E-state index in [1.54, 1.807) is 0 Å². The predicted octanol–water partition coefficient (Wildman–Crippen LogP) is 1.03. The summed E-state index contributed by atoms with van der Waals surface area (Å²) in [5.41, 5.74) is 1.25. The fraction of sp³-hybridized carbons (Fsp3) is 0.600. The lowest BCUT2D eigenvalue weighted by atomic mass is 10.1. The molecule has 2 N–H and O–H groups in total. The average molecular weight is 264 g/mol. The first-order valence-corrected chi connectivity index (χ1v) is 7.02. The van der Waals surface area contributed by atoms with Gasteiger partial charge in [0.25, 0.3) is 0 Å². The number of β-amino-alcohol motifs (C(OH)–C–C–N with tert-alkyl or cyclic N) is 1. The summed E-state index contributed by atoms with van der Waals surface area (Å²) in [6.07, 6.45) is -0.329. The van der Waals surface area contributed by atoms with Gasteiger partial charge in [0, 0.05) is 32.2 Å². The van der Waals surface area contributed by atoms with Gasteiger partial charge in [-0.3, -0.25) is 4.90 Å². The molecule has 2 rings (SSSR count). The van der Waals surface area contributed by atoms with E-state index in [1.807, 2.05) is 18.2 Å². The zero-order chi connectivity index (χ0) is 13.5. The number of aliphatic hydroxyl groups is 1. The monoisotopic (exact) mass is 264 g/mol. The van der Waals surface area contributed by atoms with Crippen molar-refractivity contribution in [1.82, 2.24) is 10.2 Å². The lowest BCUT2D eigenvalue weighted by Crippen LogP contribution is -2.44. The molecule has 1 aliphatic heterocycles. The molecule has 4 heteroatoms. The van der Waals surface area contributed by atoms with Crippen molar-refractivity contribution < 1.29 is 9.84 Å². The molecule has 0 radical (unpaired) electrons. The van der Waals surface area contributed by atoms with Crippen molar-refractivity contribution in [3.05, 3.63) is 35.9 Å². The molecule has 1 aromatic rings. The highest BCUT2D eigenvalue weighted by molar-refractivity contribution is 5.17. The third kappa shape index (κ3) is 4.91. The number of nitrogens with zero attached hydrogens (tertiary/aromatic N) is 1. The Labute approximate surface area is 115 Å². The SMILES string of the molecule is CC(NCC(O)CN1CCOCC1)c1ccccc1. The van der Waals surface area contributed by atoms with E-state index in [1.165, 1.54) is 5.56 Å². The van der Waals surface area contributed by atoms with E-state index in [-0.39, 0.29) is 12.1 Å². The van der Waals surface area contributed by atoms with Crippen LogP contribution in [0, 0.1) is 0 Å². The first kappa shape index (κ1) is 14.5. The number of hydrogen-bond acceptors (Lipinski definition) is 4. The highest BCUT2D eigenvalue weighted by Gasteiger charge is 2.15. The average Bonchev–Trinajstić information content (AvgIpc) is 2.47. The molecule has 1 heterocycles. The standard InChI is InChI=1S/C15H24N2O2/c1-13(14-5-3-2-4-6-14)16-11-15(18)12-17-7-9-19-10-8-17/h2-6,13,15-16,18H,7-12H2,1H3. The summed E-state index contributed by atoms with van der Waals surface area (Å²) in [6, 6.07) is 10.6. The number of nitrogens with one attached hydrogen (secondary N) is 1. The van der Waals surface area contributed by atoms with Crippen LogP contribution < -0.4 is 5.32 Å². The topological polar surface area (TPSA) is 44.7 Å². The van der Waals surface area contributed by atoms with Gasteiger partial charge in [-0.1, -0.05) is 30.3 Å². The first-order chi connectivity index (χ1) is 9.25. The number of hydrogen-bond donors (Lipinski definition) is 2.